The molecule has 4 nitrogen and oxygen atoms in total. The lowest BCUT2D eigenvalue weighted by molar-refractivity contribution is 0.0320. The average molecular weight is 383 g/mol. The maximum Gasteiger partial charge on any atom is 0.343 e. The second-order valence-corrected chi connectivity index (χ2v) is 7.07. The van der Waals surface area contributed by atoms with E-state index >= 15 is 0 Å². The van der Waals surface area contributed by atoms with Crippen LogP contribution in [0.3, 0.4) is 0 Å². The van der Waals surface area contributed by atoms with Gasteiger partial charge < -0.3 is 9.47 Å². The molecule has 0 saturated carbocycles. The third-order valence-corrected chi connectivity index (χ3v) is 4.58. The van der Waals surface area contributed by atoms with Gasteiger partial charge in [0, 0.05) is 0 Å². The van der Waals surface area contributed by atoms with Gasteiger partial charge in [0.2, 0.25) is 0 Å². The van der Waals surface area contributed by atoms with E-state index in [0.29, 0.717) is 16.9 Å². The van der Waals surface area contributed by atoms with Crippen LogP contribution < -0.4 is 4.74 Å². The normalized spacial score (nSPS) is 11.7. The first-order valence-corrected chi connectivity index (χ1v) is 10.2. The number of esters is 2. The number of benzene rings is 2. The molecule has 2 aromatic rings. The average Bonchev–Trinajstić information content (AvgIpc) is 2.71. The van der Waals surface area contributed by atoms with E-state index in [4.69, 9.17) is 9.47 Å². The van der Waals surface area contributed by atoms with Gasteiger partial charge in [-0.1, -0.05) is 45.2 Å². The minimum absolute atomic E-state index is 0.106. The molecule has 1 unspecified atom stereocenters. The fourth-order valence-corrected chi connectivity index (χ4v) is 2.81. The molecular formula is C24H30O4. The molecule has 0 aromatic heterocycles. The SMILES string of the molecule is CCCCc1ccc(C(=O)Oc2ccc(C(=O)OC(C)CCCC)cc2)cc1. The summed E-state index contributed by atoms with van der Waals surface area (Å²) in [7, 11) is 0. The van der Waals surface area contributed by atoms with Crippen LogP contribution in [0.5, 0.6) is 5.75 Å². The maximum atomic E-state index is 12.3. The van der Waals surface area contributed by atoms with Crippen molar-refractivity contribution in [2.45, 2.75) is 65.4 Å². The number of carbonyl (C=O) groups excluding carboxylic acids is 2. The Morgan fingerprint density at radius 3 is 2.00 bits per heavy atom. The molecule has 28 heavy (non-hydrogen) atoms. The molecule has 0 fully saturated rings. The van der Waals surface area contributed by atoms with Crippen LogP contribution in [0.15, 0.2) is 48.5 Å². The van der Waals surface area contributed by atoms with Gasteiger partial charge in [0.1, 0.15) is 5.75 Å². The van der Waals surface area contributed by atoms with Gasteiger partial charge in [0.05, 0.1) is 17.2 Å². The molecule has 2 aromatic carbocycles. The van der Waals surface area contributed by atoms with Gasteiger partial charge in [-0.05, 0) is 68.1 Å². The lowest BCUT2D eigenvalue weighted by Gasteiger charge is -2.13. The third kappa shape index (κ3) is 6.84. The van der Waals surface area contributed by atoms with Crippen LogP contribution in [0, 0.1) is 0 Å². The van der Waals surface area contributed by atoms with Crippen molar-refractivity contribution in [3.05, 3.63) is 65.2 Å². The standard InChI is InChI=1S/C24H30O4/c1-4-6-8-18(3)27-23(25)21-14-16-22(17-15-21)28-24(26)20-12-10-19(11-13-20)9-7-5-2/h10-18H,4-9H2,1-3H3. The summed E-state index contributed by atoms with van der Waals surface area (Å²) in [5.41, 5.74) is 2.17. The highest BCUT2D eigenvalue weighted by molar-refractivity contribution is 5.92. The molecule has 0 N–H and O–H groups in total. The van der Waals surface area contributed by atoms with E-state index in [-0.39, 0.29) is 12.1 Å². The topological polar surface area (TPSA) is 52.6 Å². The van der Waals surface area contributed by atoms with Gasteiger partial charge in [-0.2, -0.15) is 0 Å². The number of hydrogen-bond acceptors (Lipinski definition) is 4. The van der Waals surface area contributed by atoms with E-state index in [1.54, 1.807) is 36.4 Å². The van der Waals surface area contributed by atoms with Crippen molar-refractivity contribution < 1.29 is 19.1 Å². The Labute approximate surface area is 167 Å². The van der Waals surface area contributed by atoms with E-state index in [9.17, 15) is 9.59 Å². The highest BCUT2D eigenvalue weighted by Gasteiger charge is 2.13. The second kappa shape index (κ2) is 11.3. The van der Waals surface area contributed by atoms with Crippen LogP contribution in [0.25, 0.3) is 0 Å². The third-order valence-electron chi connectivity index (χ3n) is 4.58. The number of carbonyl (C=O) groups is 2. The Kier molecular flexibility index (Phi) is 8.73. The first kappa shape index (κ1) is 21.7. The molecule has 0 saturated heterocycles. The summed E-state index contributed by atoms with van der Waals surface area (Å²) in [6, 6.07) is 14.0. The van der Waals surface area contributed by atoms with Gasteiger partial charge in [0.15, 0.2) is 0 Å². The fraction of sp³-hybridized carbons (Fsp3) is 0.417. The Bertz CT molecular complexity index is 747. The molecule has 0 radical (unpaired) electrons. The molecule has 0 bridgehead atoms. The Hall–Kier alpha value is -2.62. The van der Waals surface area contributed by atoms with Gasteiger partial charge in [0.25, 0.3) is 0 Å². The van der Waals surface area contributed by atoms with Gasteiger partial charge in [-0.15, -0.1) is 0 Å². The number of rotatable bonds is 10. The lowest BCUT2D eigenvalue weighted by Crippen LogP contribution is -2.15. The van der Waals surface area contributed by atoms with Gasteiger partial charge in [-0.3, -0.25) is 0 Å². The molecule has 2 rings (SSSR count). The molecule has 4 heteroatoms. The largest absolute Gasteiger partial charge is 0.459 e. The highest BCUT2D eigenvalue weighted by Crippen LogP contribution is 2.17. The first-order valence-electron chi connectivity index (χ1n) is 10.2. The van der Waals surface area contributed by atoms with Crippen LogP contribution >= 0.6 is 0 Å². The first-order chi connectivity index (χ1) is 13.5. The smallest absolute Gasteiger partial charge is 0.343 e. The van der Waals surface area contributed by atoms with E-state index in [1.807, 2.05) is 19.1 Å². The molecule has 0 aliphatic carbocycles. The molecule has 0 spiro atoms. The van der Waals surface area contributed by atoms with Crippen molar-refractivity contribution in [2.75, 3.05) is 0 Å². The summed E-state index contributed by atoms with van der Waals surface area (Å²) in [6.45, 7) is 6.16. The van der Waals surface area contributed by atoms with Crippen molar-refractivity contribution in [2.24, 2.45) is 0 Å². The van der Waals surface area contributed by atoms with Crippen molar-refractivity contribution >= 4 is 11.9 Å². The van der Waals surface area contributed by atoms with Crippen LogP contribution in [-0.4, -0.2) is 18.0 Å². The Morgan fingerprint density at radius 1 is 0.821 bits per heavy atom. The number of ether oxygens (including phenoxy) is 2. The van der Waals surface area contributed by atoms with Gasteiger partial charge >= 0.3 is 11.9 Å². The number of hydrogen-bond donors (Lipinski definition) is 0. The van der Waals surface area contributed by atoms with Crippen LogP contribution in [0.4, 0.5) is 0 Å². The van der Waals surface area contributed by atoms with E-state index < -0.39 is 5.97 Å². The highest BCUT2D eigenvalue weighted by atomic mass is 16.5. The predicted octanol–water partition coefficient (Wildman–Crippen LogP) is 5.98. The maximum absolute atomic E-state index is 12.3. The van der Waals surface area contributed by atoms with Crippen molar-refractivity contribution in [1.29, 1.82) is 0 Å². The minimum Gasteiger partial charge on any atom is -0.459 e. The van der Waals surface area contributed by atoms with Crippen LogP contribution in [-0.2, 0) is 11.2 Å². The molecule has 0 amide bonds. The molecule has 0 aliphatic heterocycles. The van der Waals surface area contributed by atoms with Crippen molar-refractivity contribution in [1.82, 2.24) is 0 Å². The van der Waals surface area contributed by atoms with Gasteiger partial charge in [-0.25, -0.2) is 9.59 Å². The summed E-state index contributed by atoms with van der Waals surface area (Å²) < 4.78 is 10.8. The minimum atomic E-state index is -0.412. The molecule has 1 atom stereocenters. The molecule has 0 heterocycles. The quantitative estimate of drug-likeness (QED) is 0.374. The number of unbranched alkanes of at least 4 members (excludes halogenated alkanes) is 2. The molecule has 150 valence electrons. The van der Waals surface area contributed by atoms with Crippen LogP contribution in [0.1, 0.15) is 79.2 Å². The summed E-state index contributed by atoms with van der Waals surface area (Å²) in [5, 5.41) is 0. The summed E-state index contributed by atoms with van der Waals surface area (Å²) in [5.74, 6) is -0.370. The van der Waals surface area contributed by atoms with Crippen LogP contribution in [0.2, 0.25) is 0 Å². The summed E-state index contributed by atoms with van der Waals surface area (Å²) in [4.78, 5) is 24.4. The van der Waals surface area contributed by atoms with E-state index in [1.165, 1.54) is 5.56 Å². The second-order valence-electron chi connectivity index (χ2n) is 7.07. The molecule has 0 aliphatic rings. The summed E-state index contributed by atoms with van der Waals surface area (Å²) >= 11 is 0. The predicted molar refractivity (Wildman–Crippen MR) is 111 cm³/mol. The number of aryl methyl sites for hydroxylation is 1. The zero-order chi connectivity index (χ0) is 20.4. The Morgan fingerprint density at radius 2 is 1.39 bits per heavy atom. The van der Waals surface area contributed by atoms with Crippen molar-refractivity contribution in [3.63, 3.8) is 0 Å². The zero-order valence-electron chi connectivity index (χ0n) is 17.1. The fourth-order valence-electron chi connectivity index (χ4n) is 2.81. The van der Waals surface area contributed by atoms with E-state index in [0.717, 1.165) is 38.5 Å². The summed E-state index contributed by atoms with van der Waals surface area (Å²) in [6.07, 6.45) is 6.15. The Balaban J connectivity index is 1.90. The van der Waals surface area contributed by atoms with E-state index in [2.05, 4.69) is 13.8 Å². The van der Waals surface area contributed by atoms with Crippen molar-refractivity contribution in [3.8, 4) is 5.75 Å². The molecular weight excluding hydrogens is 352 g/mol. The lowest BCUT2D eigenvalue weighted by atomic mass is 10.1. The zero-order valence-corrected chi connectivity index (χ0v) is 17.1. The monoisotopic (exact) mass is 382 g/mol.